The van der Waals surface area contributed by atoms with E-state index in [1.807, 2.05) is 12.1 Å². The summed E-state index contributed by atoms with van der Waals surface area (Å²) in [6.45, 7) is 0. The van der Waals surface area contributed by atoms with E-state index in [-0.39, 0.29) is 0 Å². The van der Waals surface area contributed by atoms with Crippen LogP contribution < -0.4 is 4.90 Å². The second kappa shape index (κ2) is 12.8. The van der Waals surface area contributed by atoms with Crippen molar-refractivity contribution in [3.05, 3.63) is 194 Å². The van der Waals surface area contributed by atoms with E-state index in [0.29, 0.717) is 0 Å². The van der Waals surface area contributed by atoms with Crippen LogP contribution >= 0.6 is 11.3 Å². The molecule has 0 saturated carbocycles. The molecule has 0 unspecified atom stereocenters. The Morgan fingerprint density at radius 2 is 1.09 bits per heavy atom. The Bertz CT molecular complexity index is 3200. The molecule has 55 heavy (non-hydrogen) atoms. The fraction of sp³-hybridized carbons (Fsp3) is 0. The van der Waals surface area contributed by atoms with Gasteiger partial charge in [0.2, 0.25) is 0 Å². The van der Waals surface area contributed by atoms with Crippen LogP contribution in [0.25, 0.3) is 86.5 Å². The summed E-state index contributed by atoms with van der Waals surface area (Å²) in [7, 11) is 0. The van der Waals surface area contributed by atoms with E-state index in [2.05, 4.69) is 187 Å². The number of aromatic nitrogens is 1. The lowest BCUT2D eigenvalue weighted by molar-refractivity contribution is 0.670. The maximum absolute atomic E-state index is 6.44. The van der Waals surface area contributed by atoms with Gasteiger partial charge < -0.3 is 9.32 Å². The van der Waals surface area contributed by atoms with Crippen LogP contribution in [0.2, 0.25) is 0 Å². The summed E-state index contributed by atoms with van der Waals surface area (Å²) in [6, 6.07) is 69.2. The Hall–Kier alpha value is -7.01. The molecule has 0 radical (unpaired) electrons. The molecule has 0 amide bonds. The second-order valence-corrected chi connectivity index (χ2v) is 14.9. The van der Waals surface area contributed by atoms with Crippen LogP contribution in [-0.2, 0) is 0 Å². The molecule has 11 rings (SSSR count). The van der Waals surface area contributed by atoms with Gasteiger partial charge in [0.15, 0.2) is 0 Å². The smallest absolute Gasteiger partial charge is 0.143 e. The molecule has 0 aliphatic heterocycles. The third kappa shape index (κ3) is 5.30. The zero-order valence-corrected chi connectivity index (χ0v) is 30.5. The fourth-order valence-electron chi connectivity index (χ4n) is 8.08. The van der Waals surface area contributed by atoms with Crippen LogP contribution in [0, 0.1) is 0 Å². The average Bonchev–Trinajstić information content (AvgIpc) is 3.87. The van der Waals surface area contributed by atoms with Crippen molar-refractivity contribution >= 4 is 82.1 Å². The molecule has 0 aliphatic rings. The highest BCUT2D eigenvalue weighted by molar-refractivity contribution is 7.22. The number of furan rings is 1. The molecule has 0 aliphatic carbocycles. The van der Waals surface area contributed by atoms with Crippen molar-refractivity contribution in [2.45, 2.75) is 0 Å². The SMILES string of the molecule is c1ccc(-c2nc3ccc4ccc5ccc(N(c6ccc(-c7cccc8c7oc7ccccc78)cc6)c6ccccc6-c6ccccc6)cc5c4c3s2)cc1. The first-order valence-electron chi connectivity index (χ1n) is 18.5. The van der Waals surface area contributed by atoms with Gasteiger partial charge in [-0.2, -0.15) is 0 Å². The predicted molar refractivity (Wildman–Crippen MR) is 233 cm³/mol. The zero-order valence-electron chi connectivity index (χ0n) is 29.7. The van der Waals surface area contributed by atoms with Crippen LogP contribution in [0.15, 0.2) is 199 Å². The molecular formula is C51H32N2OS. The number of para-hydroxylation sites is 3. The van der Waals surface area contributed by atoms with Crippen LogP contribution in [0.1, 0.15) is 0 Å². The minimum atomic E-state index is 0.904. The minimum Gasteiger partial charge on any atom is -0.455 e. The van der Waals surface area contributed by atoms with Gasteiger partial charge in [-0.3, -0.25) is 0 Å². The third-order valence-electron chi connectivity index (χ3n) is 10.7. The van der Waals surface area contributed by atoms with Crippen molar-refractivity contribution in [1.82, 2.24) is 4.98 Å². The maximum Gasteiger partial charge on any atom is 0.143 e. The van der Waals surface area contributed by atoms with E-state index in [4.69, 9.17) is 9.40 Å². The molecule has 2 heterocycles. The van der Waals surface area contributed by atoms with Gasteiger partial charge in [-0.05, 0) is 69.8 Å². The lowest BCUT2D eigenvalue weighted by Gasteiger charge is -2.28. The third-order valence-corrected chi connectivity index (χ3v) is 11.8. The Kier molecular flexibility index (Phi) is 7.35. The van der Waals surface area contributed by atoms with Gasteiger partial charge in [-0.15, -0.1) is 11.3 Å². The number of anilines is 3. The van der Waals surface area contributed by atoms with E-state index in [0.717, 1.165) is 71.8 Å². The molecule has 258 valence electrons. The summed E-state index contributed by atoms with van der Waals surface area (Å²) in [5.41, 5.74) is 11.8. The summed E-state index contributed by atoms with van der Waals surface area (Å²) in [6.07, 6.45) is 0. The number of benzene rings is 9. The van der Waals surface area contributed by atoms with Gasteiger partial charge in [0.05, 0.1) is 15.9 Å². The summed E-state index contributed by atoms with van der Waals surface area (Å²) < 4.78 is 7.65. The largest absolute Gasteiger partial charge is 0.455 e. The number of hydrogen-bond acceptors (Lipinski definition) is 4. The number of rotatable bonds is 6. The summed E-state index contributed by atoms with van der Waals surface area (Å²) >= 11 is 1.77. The van der Waals surface area contributed by atoms with Crippen LogP contribution in [0.3, 0.4) is 0 Å². The van der Waals surface area contributed by atoms with Crippen molar-refractivity contribution in [2.75, 3.05) is 4.90 Å². The van der Waals surface area contributed by atoms with Crippen molar-refractivity contribution in [3.63, 3.8) is 0 Å². The Morgan fingerprint density at radius 1 is 0.455 bits per heavy atom. The maximum atomic E-state index is 6.44. The molecule has 9 aromatic carbocycles. The van der Waals surface area contributed by atoms with Crippen LogP contribution in [-0.4, -0.2) is 4.98 Å². The number of nitrogens with zero attached hydrogens (tertiary/aromatic N) is 2. The van der Waals surface area contributed by atoms with Gasteiger partial charge in [-0.1, -0.05) is 152 Å². The predicted octanol–water partition coefficient (Wildman–Crippen LogP) is 15.0. The van der Waals surface area contributed by atoms with Crippen molar-refractivity contribution in [3.8, 4) is 32.8 Å². The highest BCUT2D eigenvalue weighted by atomic mass is 32.1. The van der Waals surface area contributed by atoms with E-state index in [1.165, 1.54) is 31.8 Å². The van der Waals surface area contributed by atoms with Crippen molar-refractivity contribution in [2.24, 2.45) is 0 Å². The van der Waals surface area contributed by atoms with Crippen LogP contribution in [0.5, 0.6) is 0 Å². The first-order valence-corrected chi connectivity index (χ1v) is 19.4. The molecule has 0 bridgehead atoms. The highest BCUT2D eigenvalue weighted by Gasteiger charge is 2.20. The standard InChI is InChI=1S/C51H32N2OS/c1-3-12-33(13-4-1)40-16-7-9-20-46(40)53(38-28-24-34(25-29-38)41-18-11-19-43-42-17-8-10-21-47(42)54-49(41)43)39-30-26-35-22-23-36-27-31-45-50(48(36)44(35)32-39)55-51(52-45)37-14-5-2-6-15-37/h1-32H. The van der Waals surface area contributed by atoms with Gasteiger partial charge in [-0.25, -0.2) is 4.98 Å². The first kappa shape index (κ1) is 31.5. The zero-order chi connectivity index (χ0) is 36.3. The van der Waals surface area contributed by atoms with Gasteiger partial charge >= 0.3 is 0 Å². The summed E-state index contributed by atoms with van der Waals surface area (Å²) in [5, 5.41) is 8.15. The lowest BCUT2D eigenvalue weighted by atomic mass is 9.98. The van der Waals surface area contributed by atoms with E-state index >= 15 is 0 Å². The van der Waals surface area contributed by atoms with E-state index < -0.39 is 0 Å². The summed E-state index contributed by atoms with van der Waals surface area (Å²) in [4.78, 5) is 7.50. The van der Waals surface area contributed by atoms with Crippen molar-refractivity contribution < 1.29 is 4.42 Å². The quantitative estimate of drug-likeness (QED) is 0.160. The number of thiazole rings is 1. The Balaban J connectivity index is 1.11. The fourth-order valence-corrected chi connectivity index (χ4v) is 9.21. The number of hydrogen-bond donors (Lipinski definition) is 0. The topological polar surface area (TPSA) is 29.3 Å². The molecule has 0 saturated heterocycles. The highest BCUT2D eigenvalue weighted by Crippen LogP contribution is 2.45. The van der Waals surface area contributed by atoms with E-state index in [1.54, 1.807) is 11.3 Å². The number of fused-ring (bicyclic) bond motifs is 8. The van der Waals surface area contributed by atoms with E-state index in [9.17, 15) is 0 Å². The molecular weight excluding hydrogens is 689 g/mol. The average molecular weight is 721 g/mol. The van der Waals surface area contributed by atoms with Gasteiger partial charge in [0.1, 0.15) is 16.2 Å². The van der Waals surface area contributed by atoms with Gasteiger partial charge in [0, 0.05) is 44.2 Å². The van der Waals surface area contributed by atoms with Crippen LogP contribution in [0.4, 0.5) is 17.1 Å². The molecule has 0 atom stereocenters. The monoisotopic (exact) mass is 720 g/mol. The van der Waals surface area contributed by atoms with Gasteiger partial charge in [0.25, 0.3) is 0 Å². The molecule has 0 N–H and O–H groups in total. The summed E-state index contributed by atoms with van der Waals surface area (Å²) in [5.74, 6) is 0. The molecule has 4 heteroatoms. The minimum absolute atomic E-state index is 0.904. The first-order chi connectivity index (χ1) is 27.3. The second-order valence-electron chi connectivity index (χ2n) is 13.9. The normalized spacial score (nSPS) is 11.6. The molecule has 0 fully saturated rings. The molecule has 11 aromatic rings. The molecule has 3 nitrogen and oxygen atoms in total. The molecule has 2 aromatic heterocycles. The lowest BCUT2D eigenvalue weighted by Crippen LogP contribution is -2.11. The van der Waals surface area contributed by atoms with Crippen molar-refractivity contribution in [1.29, 1.82) is 0 Å². The Labute approximate surface area is 322 Å². The Morgan fingerprint density at radius 3 is 1.95 bits per heavy atom. The molecule has 0 spiro atoms.